The minimum atomic E-state index is -0.695. The number of benzene rings is 1. The second kappa shape index (κ2) is 16.3. The van der Waals surface area contributed by atoms with Crippen molar-refractivity contribution in [3.63, 3.8) is 0 Å². The highest BCUT2D eigenvalue weighted by Gasteiger charge is 2.25. The summed E-state index contributed by atoms with van der Waals surface area (Å²) in [6, 6.07) is 5.40. The maximum atomic E-state index is 13.5. The van der Waals surface area contributed by atoms with E-state index in [1.165, 1.54) is 4.90 Å². The maximum Gasteiger partial charge on any atom is 0.326 e. The molecule has 42 heavy (non-hydrogen) atoms. The molecule has 226 valence electrons. The smallest absolute Gasteiger partial charge is 0.326 e. The first-order valence-corrected chi connectivity index (χ1v) is 14.2. The fraction of sp³-hybridized carbons (Fsp3) is 0.382. The number of ether oxygens (including phenoxy) is 1. The molecule has 0 saturated heterocycles. The summed E-state index contributed by atoms with van der Waals surface area (Å²) in [4.78, 5) is 40.5. The number of carbonyl (C=O) groups is 3. The van der Waals surface area contributed by atoms with Gasteiger partial charge in [0.1, 0.15) is 12.1 Å². The van der Waals surface area contributed by atoms with Crippen LogP contribution in [0.2, 0.25) is 0 Å². The van der Waals surface area contributed by atoms with Crippen molar-refractivity contribution < 1.29 is 19.1 Å². The molecule has 0 spiro atoms. The van der Waals surface area contributed by atoms with Gasteiger partial charge in [0.05, 0.1) is 12.6 Å². The summed E-state index contributed by atoms with van der Waals surface area (Å²) >= 11 is 0. The van der Waals surface area contributed by atoms with Gasteiger partial charge in [-0.15, -0.1) is 0 Å². The molecule has 1 atom stereocenters. The van der Waals surface area contributed by atoms with E-state index in [0.29, 0.717) is 18.5 Å². The van der Waals surface area contributed by atoms with Crippen LogP contribution in [0.4, 0.5) is 0 Å². The van der Waals surface area contributed by atoms with Crippen LogP contribution in [0.15, 0.2) is 84.2 Å². The number of likely N-dealkylation sites (N-methyl/N-ethyl adjacent to an activating group) is 1. The van der Waals surface area contributed by atoms with E-state index in [9.17, 15) is 14.4 Å². The molecular formula is C34H46N4O4. The summed E-state index contributed by atoms with van der Waals surface area (Å²) in [7, 11) is 1.56. The average Bonchev–Trinajstić information content (AvgIpc) is 3.10. The van der Waals surface area contributed by atoms with Crippen LogP contribution in [0.25, 0.3) is 6.08 Å². The van der Waals surface area contributed by atoms with Gasteiger partial charge in [-0.25, -0.2) is 0 Å². The minimum absolute atomic E-state index is 0.146. The first-order chi connectivity index (χ1) is 19.9. The van der Waals surface area contributed by atoms with Gasteiger partial charge in [-0.1, -0.05) is 67.3 Å². The van der Waals surface area contributed by atoms with Crippen LogP contribution in [0.3, 0.4) is 0 Å². The van der Waals surface area contributed by atoms with E-state index in [1.807, 2.05) is 74.6 Å². The molecule has 1 aromatic rings. The minimum Gasteiger partial charge on any atom is -0.459 e. The van der Waals surface area contributed by atoms with Crippen molar-refractivity contribution in [3.05, 3.63) is 101 Å². The van der Waals surface area contributed by atoms with Gasteiger partial charge < -0.3 is 20.7 Å². The van der Waals surface area contributed by atoms with Gasteiger partial charge in [0.2, 0.25) is 11.8 Å². The Labute approximate surface area is 250 Å². The van der Waals surface area contributed by atoms with E-state index in [1.54, 1.807) is 33.9 Å². The Morgan fingerprint density at radius 3 is 2.57 bits per heavy atom. The number of nitrogens with one attached hydrogen (secondary N) is 2. The quantitative estimate of drug-likeness (QED) is 0.239. The molecule has 2 amide bonds. The third kappa shape index (κ3) is 11.4. The number of allylic oxidation sites excluding steroid dienone is 7. The molecule has 4 N–H and O–H groups in total. The predicted molar refractivity (Wildman–Crippen MR) is 170 cm³/mol. The van der Waals surface area contributed by atoms with Crippen molar-refractivity contribution in [1.29, 1.82) is 0 Å². The van der Waals surface area contributed by atoms with Gasteiger partial charge in [0.15, 0.2) is 0 Å². The molecule has 1 aromatic carbocycles. The Hall–Kier alpha value is -4.17. The summed E-state index contributed by atoms with van der Waals surface area (Å²) in [5, 5.41) is 5.79. The lowest BCUT2D eigenvalue weighted by Gasteiger charge is -2.26. The van der Waals surface area contributed by atoms with E-state index < -0.39 is 17.6 Å². The summed E-state index contributed by atoms with van der Waals surface area (Å²) in [5.41, 5.74) is 10.8. The lowest BCUT2D eigenvalue weighted by atomic mass is 9.99. The second-order valence-corrected chi connectivity index (χ2v) is 11.2. The number of hydrogen-bond donors (Lipinski definition) is 3. The van der Waals surface area contributed by atoms with Gasteiger partial charge >= 0.3 is 5.97 Å². The topological polar surface area (TPSA) is 114 Å². The Morgan fingerprint density at radius 2 is 1.95 bits per heavy atom. The number of rotatable bonds is 13. The molecule has 0 radical (unpaired) electrons. The maximum absolute atomic E-state index is 13.5. The van der Waals surface area contributed by atoms with E-state index >= 15 is 0 Å². The zero-order valence-electron chi connectivity index (χ0n) is 25.8. The van der Waals surface area contributed by atoms with Gasteiger partial charge in [-0.2, -0.15) is 0 Å². The first-order valence-electron chi connectivity index (χ1n) is 14.2. The number of hydrogen-bond acceptors (Lipinski definition) is 6. The van der Waals surface area contributed by atoms with E-state index in [-0.39, 0.29) is 31.4 Å². The summed E-state index contributed by atoms with van der Waals surface area (Å²) < 4.78 is 5.49. The van der Waals surface area contributed by atoms with Crippen molar-refractivity contribution >= 4 is 23.9 Å². The highest BCUT2D eigenvalue weighted by molar-refractivity contribution is 5.86. The molecule has 8 heteroatoms. The number of esters is 1. The van der Waals surface area contributed by atoms with Crippen molar-refractivity contribution in [1.82, 2.24) is 15.5 Å². The Morgan fingerprint density at radius 1 is 1.21 bits per heavy atom. The molecule has 0 heterocycles. The molecule has 2 rings (SSSR count). The highest BCUT2D eigenvalue weighted by Crippen LogP contribution is 2.18. The molecular weight excluding hydrogens is 528 g/mol. The molecule has 0 aliphatic heterocycles. The van der Waals surface area contributed by atoms with Crippen LogP contribution >= 0.6 is 0 Å². The molecule has 1 aliphatic carbocycles. The van der Waals surface area contributed by atoms with Crippen molar-refractivity contribution in [2.75, 3.05) is 26.7 Å². The van der Waals surface area contributed by atoms with E-state index in [2.05, 4.69) is 17.2 Å². The van der Waals surface area contributed by atoms with E-state index in [4.69, 9.17) is 10.5 Å². The molecule has 8 nitrogen and oxygen atoms in total. The Bertz CT molecular complexity index is 1290. The van der Waals surface area contributed by atoms with E-state index in [0.717, 1.165) is 27.8 Å². The van der Waals surface area contributed by atoms with Gasteiger partial charge in [-0.3, -0.25) is 19.7 Å². The second-order valence-electron chi connectivity index (χ2n) is 11.2. The van der Waals surface area contributed by atoms with Gasteiger partial charge in [-0.05, 0) is 75.0 Å². The highest BCUT2D eigenvalue weighted by atomic mass is 16.6. The monoisotopic (exact) mass is 574 g/mol. The third-order valence-corrected chi connectivity index (χ3v) is 6.48. The van der Waals surface area contributed by atoms with Crippen molar-refractivity contribution in [2.24, 2.45) is 5.73 Å². The standard InChI is InChI=1S/C34H46N4O4/c1-8-10-11-14-28-17-16-25(18-24(28)3)20-30(33(41)36-7)37-21-31(39)38(23-32(40)42-34(4,5)6)22-26-13-12-15-29(35)27(9-2)19-26/h8-14,16-19,30,37H,2,15,20-23,35H2,1,3-7H3,(H,36,41)/b10-8-,14-11-. The molecule has 1 aliphatic rings. The number of nitrogens with zero attached hydrogens (tertiary/aromatic N) is 1. The van der Waals surface area contributed by atoms with Gasteiger partial charge in [0, 0.05) is 25.7 Å². The number of nitrogens with two attached hydrogens (primary N) is 1. The first kappa shape index (κ1) is 34.0. The average molecular weight is 575 g/mol. The number of amides is 2. The summed E-state index contributed by atoms with van der Waals surface area (Å²) in [6.45, 7) is 12.9. The van der Waals surface area contributed by atoms with Gasteiger partial charge in [0.25, 0.3) is 0 Å². The molecule has 0 bridgehead atoms. The number of carbonyl (C=O) groups excluding carboxylic acids is 3. The molecule has 1 unspecified atom stereocenters. The SMILES string of the molecule is C=CC1=C(N)CC=CC(CN(CC(=O)OC(C)(C)C)C(=O)CNC(Cc2ccc(/C=C\C=C/C)c(C)c2)C(=O)NC)=C1. The molecule has 0 fully saturated rings. The summed E-state index contributed by atoms with van der Waals surface area (Å²) in [5.74, 6) is -1.09. The van der Waals surface area contributed by atoms with Crippen molar-refractivity contribution in [2.45, 2.75) is 59.1 Å². The zero-order chi connectivity index (χ0) is 31.3. The third-order valence-electron chi connectivity index (χ3n) is 6.48. The Kier molecular flexibility index (Phi) is 13.2. The normalized spacial score (nSPS) is 14.5. The lowest BCUT2D eigenvalue weighted by molar-refractivity contribution is -0.158. The van der Waals surface area contributed by atoms with Crippen LogP contribution in [-0.2, 0) is 25.5 Å². The predicted octanol–water partition coefficient (Wildman–Crippen LogP) is 4.29. The zero-order valence-corrected chi connectivity index (χ0v) is 25.8. The molecule has 0 saturated carbocycles. The number of aryl methyl sites for hydroxylation is 1. The fourth-order valence-corrected chi connectivity index (χ4v) is 4.38. The van der Waals surface area contributed by atoms with Crippen molar-refractivity contribution in [3.8, 4) is 0 Å². The van der Waals surface area contributed by atoms with Crippen LogP contribution in [0.1, 0.15) is 50.8 Å². The Balaban J connectivity index is 2.23. The lowest BCUT2D eigenvalue weighted by Crippen LogP contribution is -2.50. The van der Waals surface area contributed by atoms with Crippen LogP contribution in [0.5, 0.6) is 0 Å². The van der Waals surface area contributed by atoms with Crippen LogP contribution < -0.4 is 16.4 Å². The fourth-order valence-electron chi connectivity index (χ4n) is 4.38. The van der Waals surface area contributed by atoms with Crippen LogP contribution in [0, 0.1) is 6.92 Å². The van der Waals surface area contributed by atoms with Crippen LogP contribution in [-0.4, -0.2) is 61.0 Å². The summed E-state index contributed by atoms with van der Waals surface area (Å²) in [6.07, 6.45) is 16.2. The largest absolute Gasteiger partial charge is 0.459 e. The molecule has 0 aromatic heterocycles.